The predicted octanol–water partition coefficient (Wildman–Crippen LogP) is 3.31. The van der Waals surface area contributed by atoms with Crippen LogP contribution in [0.25, 0.3) is 0 Å². The first-order chi connectivity index (χ1) is 9.33. The van der Waals surface area contributed by atoms with Crippen molar-refractivity contribution in [2.75, 3.05) is 19.8 Å². The third kappa shape index (κ3) is 4.22. The van der Waals surface area contributed by atoms with Crippen LogP contribution in [-0.4, -0.2) is 25.9 Å². The molecule has 1 N–H and O–H groups in total. The SMILES string of the molecule is CCNC(CC)c1ccc(OC2CCOCC2)cc1. The van der Waals surface area contributed by atoms with Gasteiger partial charge < -0.3 is 14.8 Å². The van der Waals surface area contributed by atoms with Crippen LogP contribution in [0.2, 0.25) is 0 Å². The number of rotatable bonds is 6. The summed E-state index contributed by atoms with van der Waals surface area (Å²) >= 11 is 0. The molecule has 0 saturated carbocycles. The molecular weight excluding hydrogens is 238 g/mol. The molecule has 1 saturated heterocycles. The Morgan fingerprint density at radius 1 is 1.21 bits per heavy atom. The minimum absolute atomic E-state index is 0.315. The number of benzene rings is 1. The molecule has 3 heteroatoms. The highest BCUT2D eigenvalue weighted by atomic mass is 16.5. The average Bonchev–Trinajstić information content (AvgIpc) is 2.47. The molecule has 3 nitrogen and oxygen atoms in total. The van der Waals surface area contributed by atoms with Gasteiger partial charge in [-0.1, -0.05) is 26.0 Å². The number of hydrogen-bond donors (Lipinski definition) is 1. The molecule has 0 amide bonds. The lowest BCUT2D eigenvalue weighted by atomic mass is 10.0. The van der Waals surface area contributed by atoms with Crippen molar-refractivity contribution in [2.24, 2.45) is 0 Å². The van der Waals surface area contributed by atoms with E-state index in [4.69, 9.17) is 9.47 Å². The van der Waals surface area contributed by atoms with E-state index in [1.165, 1.54) is 5.56 Å². The van der Waals surface area contributed by atoms with Crippen LogP contribution >= 0.6 is 0 Å². The fourth-order valence-corrected chi connectivity index (χ4v) is 2.51. The summed E-state index contributed by atoms with van der Waals surface area (Å²) in [6.45, 7) is 6.99. The zero-order valence-corrected chi connectivity index (χ0v) is 12.0. The van der Waals surface area contributed by atoms with Crippen molar-refractivity contribution >= 4 is 0 Å². The van der Waals surface area contributed by atoms with E-state index in [0.29, 0.717) is 12.1 Å². The molecule has 1 aliphatic rings. The van der Waals surface area contributed by atoms with Gasteiger partial charge in [-0.15, -0.1) is 0 Å². The van der Waals surface area contributed by atoms with Gasteiger partial charge in [0.25, 0.3) is 0 Å². The van der Waals surface area contributed by atoms with E-state index < -0.39 is 0 Å². The van der Waals surface area contributed by atoms with Crippen LogP contribution in [0, 0.1) is 0 Å². The zero-order chi connectivity index (χ0) is 13.5. The molecule has 0 aliphatic carbocycles. The highest BCUT2D eigenvalue weighted by Gasteiger charge is 2.15. The Labute approximate surface area is 116 Å². The molecule has 1 heterocycles. The second-order valence-corrected chi connectivity index (χ2v) is 5.02. The van der Waals surface area contributed by atoms with Crippen LogP contribution in [-0.2, 0) is 4.74 Å². The van der Waals surface area contributed by atoms with Gasteiger partial charge in [0.2, 0.25) is 0 Å². The van der Waals surface area contributed by atoms with E-state index in [2.05, 4.69) is 43.4 Å². The topological polar surface area (TPSA) is 30.5 Å². The van der Waals surface area contributed by atoms with Crippen LogP contribution in [0.3, 0.4) is 0 Å². The fourth-order valence-electron chi connectivity index (χ4n) is 2.51. The van der Waals surface area contributed by atoms with E-state index >= 15 is 0 Å². The second-order valence-electron chi connectivity index (χ2n) is 5.02. The lowest BCUT2D eigenvalue weighted by molar-refractivity contribution is 0.0255. The summed E-state index contributed by atoms with van der Waals surface area (Å²) in [6.07, 6.45) is 3.41. The Morgan fingerprint density at radius 2 is 1.89 bits per heavy atom. The molecule has 1 aromatic rings. The molecule has 1 aromatic carbocycles. The average molecular weight is 263 g/mol. The summed E-state index contributed by atoms with van der Waals surface area (Å²) in [6, 6.07) is 8.97. The van der Waals surface area contributed by atoms with E-state index in [1.54, 1.807) is 0 Å². The molecule has 19 heavy (non-hydrogen) atoms. The standard InChI is InChI=1S/C16H25NO2/c1-3-16(17-4-2)13-5-7-14(8-6-13)19-15-9-11-18-12-10-15/h5-8,15-17H,3-4,9-12H2,1-2H3. The van der Waals surface area contributed by atoms with Gasteiger partial charge in [0.15, 0.2) is 0 Å². The maximum atomic E-state index is 5.98. The van der Waals surface area contributed by atoms with Gasteiger partial charge in [0, 0.05) is 18.9 Å². The van der Waals surface area contributed by atoms with Crippen molar-refractivity contribution in [3.63, 3.8) is 0 Å². The lowest BCUT2D eigenvalue weighted by Crippen LogP contribution is -2.25. The lowest BCUT2D eigenvalue weighted by Gasteiger charge is -2.23. The quantitative estimate of drug-likeness (QED) is 0.854. The summed E-state index contributed by atoms with van der Waals surface area (Å²) in [5, 5.41) is 3.49. The van der Waals surface area contributed by atoms with Crippen LogP contribution in [0.1, 0.15) is 44.7 Å². The van der Waals surface area contributed by atoms with Gasteiger partial charge in [-0.2, -0.15) is 0 Å². The maximum absolute atomic E-state index is 5.98. The Morgan fingerprint density at radius 3 is 2.47 bits per heavy atom. The molecule has 0 bridgehead atoms. The van der Waals surface area contributed by atoms with Gasteiger partial charge in [0.1, 0.15) is 11.9 Å². The Bertz CT molecular complexity index is 358. The first-order valence-corrected chi connectivity index (χ1v) is 7.41. The molecule has 0 spiro atoms. The van der Waals surface area contributed by atoms with Crippen LogP contribution in [0.4, 0.5) is 0 Å². The number of nitrogens with one attached hydrogen (secondary N) is 1. The van der Waals surface area contributed by atoms with Crippen LogP contribution < -0.4 is 10.1 Å². The summed E-state index contributed by atoms with van der Waals surface area (Å²) in [4.78, 5) is 0. The van der Waals surface area contributed by atoms with Crippen molar-refractivity contribution in [1.82, 2.24) is 5.32 Å². The molecule has 2 rings (SSSR count). The van der Waals surface area contributed by atoms with E-state index in [0.717, 1.165) is 44.8 Å². The summed E-state index contributed by atoms with van der Waals surface area (Å²) in [5.74, 6) is 0.974. The predicted molar refractivity (Wildman–Crippen MR) is 77.6 cm³/mol. The minimum atomic E-state index is 0.315. The zero-order valence-electron chi connectivity index (χ0n) is 12.0. The molecule has 1 unspecified atom stereocenters. The molecule has 1 atom stereocenters. The van der Waals surface area contributed by atoms with Crippen molar-refractivity contribution in [3.8, 4) is 5.75 Å². The molecular formula is C16H25NO2. The van der Waals surface area contributed by atoms with Gasteiger partial charge in [-0.3, -0.25) is 0 Å². The van der Waals surface area contributed by atoms with E-state index in [-0.39, 0.29) is 0 Å². The van der Waals surface area contributed by atoms with E-state index in [9.17, 15) is 0 Å². The normalized spacial score (nSPS) is 18.2. The molecule has 0 aromatic heterocycles. The molecule has 1 aliphatic heterocycles. The minimum Gasteiger partial charge on any atom is -0.490 e. The number of ether oxygens (including phenoxy) is 2. The Balaban J connectivity index is 1.93. The third-order valence-electron chi connectivity index (χ3n) is 3.61. The highest BCUT2D eigenvalue weighted by molar-refractivity contribution is 5.29. The van der Waals surface area contributed by atoms with Crippen molar-refractivity contribution in [1.29, 1.82) is 0 Å². The summed E-state index contributed by atoms with van der Waals surface area (Å²) in [5.41, 5.74) is 1.34. The van der Waals surface area contributed by atoms with Crippen LogP contribution in [0.5, 0.6) is 5.75 Å². The smallest absolute Gasteiger partial charge is 0.119 e. The van der Waals surface area contributed by atoms with E-state index in [1.807, 2.05) is 0 Å². The fraction of sp³-hybridized carbons (Fsp3) is 0.625. The van der Waals surface area contributed by atoms with Gasteiger partial charge in [0.05, 0.1) is 13.2 Å². The van der Waals surface area contributed by atoms with Gasteiger partial charge in [-0.25, -0.2) is 0 Å². The summed E-state index contributed by atoms with van der Waals surface area (Å²) in [7, 11) is 0. The second kappa shape index (κ2) is 7.51. The largest absolute Gasteiger partial charge is 0.490 e. The molecule has 0 radical (unpaired) electrons. The van der Waals surface area contributed by atoms with Crippen molar-refractivity contribution in [3.05, 3.63) is 29.8 Å². The molecule has 106 valence electrons. The summed E-state index contributed by atoms with van der Waals surface area (Å²) < 4.78 is 11.3. The highest BCUT2D eigenvalue weighted by Crippen LogP contribution is 2.22. The van der Waals surface area contributed by atoms with Crippen LogP contribution in [0.15, 0.2) is 24.3 Å². The van der Waals surface area contributed by atoms with Gasteiger partial charge in [-0.05, 0) is 30.7 Å². The maximum Gasteiger partial charge on any atom is 0.119 e. The van der Waals surface area contributed by atoms with Crippen molar-refractivity contribution in [2.45, 2.75) is 45.3 Å². The Hall–Kier alpha value is -1.06. The first-order valence-electron chi connectivity index (χ1n) is 7.41. The first kappa shape index (κ1) is 14.4. The Kier molecular flexibility index (Phi) is 5.67. The molecule has 1 fully saturated rings. The monoisotopic (exact) mass is 263 g/mol. The third-order valence-corrected chi connectivity index (χ3v) is 3.61. The van der Waals surface area contributed by atoms with Gasteiger partial charge >= 0.3 is 0 Å². The van der Waals surface area contributed by atoms with Crippen molar-refractivity contribution < 1.29 is 9.47 Å². The number of hydrogen-bond acceptors (Lipinski definition) is 3.